The van der Waals surface area contributed by atoms with Gasteiger partial charge in [0.25, 0.3) is 5.91 Å². The molecule has 134 valence electrons. The predicted octanol–water partition coefficient (Wildman–Crippen LogP) is 3.78. The lowest BCUT2D eigenvalue weighted by atomic mass is 9.95. The molecule has 1 aliphatic heterocycles. The van der Waals surface area contributed by atoms with E-state index in [1.54, 1.807) is 25.3 Å². The quantitative estimate of drug-likeness (QED) is 0.697. The molecule has 0 bridgehead atoms. The number of benzene rings is 2. The van der Waals surface area contributed by atoms with E-state index in [2.05, 4.69) is 16.0 Å². The Kier molecular flexibility index (Phi) is 5.44. The standard InChI is InChI=1S/C19H18ClN3O2S/c1-11-16(18(24)22-14-4-3-5-15(10-14)25-2)17(23-19(26)21-11)12-6-8-13(20)9-7-12/h3-10,17H,1-2H3,(H,22,24)(H2,21,23,26)/t17-/m1/s1. The zero-order chi connectivity index (χ0) is 18.7. The number of carbonyl (C=O) groups excluding carboxylic acids is 1. The van der Waals surface area contributed by atoms with Crippen molar-refractivity contribution in [2.24, 2.45) is 0 Å². The van der Waals surface area contributed by atoms with E-state index >= 15 is 0 Å². The van der Waals surface area contributed by atoms with Gasteiger partial charge in [-0.2, -0.15) is 0 Å². The Morgan fingerprint density at radius 1 is 1.23 bits per heavy atom. The van der Waals surface area contributed by atoms with E-state index < -0.39 is 0 Å². The topological polar surface area (TPSA) is 62.4 Å². The second kappa shape index (κ2) is 7.76. The summed E-state index contributed by atoms with van der Waals surface area (Å²) in [5.74, 6) is 0.446. The largest absolute Gasteiger partial charge is 0.497 e. The smallest absolute Gasteiger partial charge is 0.255 e. The van der Waals surface area contributed by atoms with Crippen LogP contribution < -0.4 is 20.7 Å². The van der Waals surface area contributed by atoms with E-state index in [0.29, 0.717) is 32.8 Å². The summed E-state index contributed by atoms with van der Waals surface area (Å²) in [6, 6.07) is 14.2. The molecule has 7 heteroatoms. The number of anilines is 1. The van der Waals surface area contributed by atoms with Gasteiger partial charge in [-0.3, -0.25) is 4.79 Å². The first kappa shape index (κ1) is 18.2. The van der Waals surface area contributed by atoms with Crippen LogP contribution in [0.5, 0.6) is 5.75 Å². The van der Waals surface area contributed by atoms with Gasteiger partial charge in [0, 0.05) is 22.5 Å². The molecular weight excluding hydrogens is 370 g/mol. The van der Waals surface area contributed by atoms with Gasteiger partial charge in [-0.15, -0.1) is 0 Å². The minimum atomic E-state index is -0.369. The number of hydrogen-bond acceptors (Lipinski definition) is 3. The van der Waals surface area contributed by atoms with E-state index in [1.165, 1.54) is 0 Å². The van der Waals surface area contributed by atoms with Crippen molar-refractivity contribution in [2.75, 3.05) is 12.4 Å². The molecule has 0 fully saturated rings. The van der Waals surface area contributed by atoms with Gasteiger partial charge < -0.3 is 20.7 Å². The van der Waals surface area contributed by atoms with Crippen molar-refractivity contribution in [1.29, 1.82) is 0 Å². The van der Waals surface area contributed by atoms with Crippen molar-refractivity contribution < 1.29 is 9.53 Å². The number of halogens is 1. The Hall–Kier alpha value is -2.57. The van der Waals surface area contributed by atoms with Crippen LogP contribution in [0.2, 0.25) is 5.02 Å². The minimum absolute atomic E-state index is 0.224. The first-order chi connectivity index (χ1) is 12.5. The van der Waals surface area contributed by atoms with Gasteiger partial charge in [-0.05, 0) is 49.0 Å². The molecule has 2 aromatic rings. The summed E-state index contributed by atoms with van der Waals surface area (Å²) in [7, 11) is 1.58. The second-order valence-corrected chi connectivity index (χ2v) is 6.65. The highest BCUT2D eigenvalue weighted by atomic mass is 35.5. The van der Waals surface area contributed by atoms with Gasteiger partial charge >= 0.3 is 0 Å². The average Bonchev–Trinajstić information content (AvgIpc) is 2.61. The fraction of sp³-hybridized carbons (Fsp3) is 0.158. The number of amides is 1. The van der Waals surface area contributed by atoms with Crippen LogP contribution in [-0.2, 0) is 4.79 Å². The van der Waals surface area contributed by atoms with Crippen LogP contribution >= 0.6 is 23.8 Å². The zero-order valence-electron chi connectivity index (χ0n) is 14.3. The van der Waals surface area contributed by atoms with Gasteiger partial charge in [-0.25, -0.2) is 0 Å². The van der Waals surface area contributed by atoms with E-state index in [0.717, 1.165) is 5.56 Å². The summed E-state index contributed by atoms with van der Waals surface area (Å²) in [6.45, 7) is 1.83. The maximum Gasteiger partial charge on any atom is 0.255 e. The minimum Gasteiger partial charge on any atom is -0.497 e. The monoisotopic (exact) mass is 387 g/mol. The van der Waals surface area contributed by atoms with Crippen molar-refractivity contribution in [2.45, 2.75) is 13.0 Å². The molecule has 0 unspecified atom stereocenters. The molecule has 0 spiro atoms. The van der Waals surface area contributed by atoms with Crippen LogP contribution in [0.4, 0.5) is 5.69 Å². The van der Waals surface area contributed by atoms with Crippen LogP contribution in [0, 0.1) is 0 Å². The molecule has 1 amide bonds. The molecule has 0 saturated heterocycles. The van der Waals surface area contributed by atoms with Gasteiger partial charge in [-0.1, -0.05) is 29.8 Å². The number of thiocarbonyl (C=S) groups is 1. The maximum absolute atomic E-state index is 13.0. The van der Waals surface area contributed by atoms with Crippen molar-refractivity contribution >= 4 is 40.5 Å². The maximum atomic E-state index is 13.0. The average molecular weight is 388 g/mol. The molecule has 3 rings (SSSR count). The fourth-order valence-corrected chi connectivity index (χ4v) is 3.20. The third-order valence-electron chi connectivity index (χ3n) is 4.04. The fourth-order valence-electron chi connectivity index (χ4n) is 2.80. The number of ether oxygens (including phenoxy) is 1. The van der Waals surface area contributed by atoms with Crippen LogP contribution in [0.1, 0.15) is 18.5 Å². The normalized spacial score (nSPS) is 16.6. The second-order valence-electron chi connectivity index (χ2n) is 5.81. The third kappa shape index (κ3) is 3.98. The Balaban J connectivity index is 1.92. The summed E-state index contributed by atoms with van der Waals surface area (Å²) < 4.78 is 5.20. The zero-order valence-corrected chi connectivity index (χ0v) is 15.9. The van der Waals surface area contributed by atoms with E-state index in [9.17, 15) is 4.79 Å². The molecular formula is C19H18ClN3O2S. The molecule has 26 heavy (non-hydrogen) atoms. The molecule has 1 aliphatic rings. The van der Waals surface area contributed by atoms with Crippen LogP contribution in [0.15, 0.2) is 59.8 Å². The van der Waals surface area contributed by atoms with Crippen molar-refractivity contribution in [3.05, 3.63) is 70.4 Å². The molecule has 0 saturated carbocycles. The Morgan fingerprint density at radius 2 is 1.96 bits per heavy atom. The van der Waals surface area contributed by atoms with Gasteiger partial charge in [0.1, 0.15) is 5.75 Å². The van der Waals surface area contributed by atoms with Crippen LogP contribution in [-0.4, -0.2) is 18.1 Å². The molecule has 5 nitrogen and oxygen atoms in total. The first-order valence-electron chi connectivity index (χ1n) is 7.97. The predicted molar refractivity (Wildman–Crippen MR) is 107 cm³/mol. The molecule has 0 aliphatic carbocycles. The van der Waals surface area contributed by atoms with Crippen molar-refractivity contribution in [3.63, 3.8) is 0 Å². The number of hydrogen-bond donors (Lipinski definition) is 3. The number of carbonyl (C=O) groups is 1. The van der Waals surface area contributed by atoms with E-state index in [1.807, 2.05) is 37.3 Å². The summed E-state index contributed by atoms with van der Waals surface area (Å²) >= 11 is 11.2. The number of nitrogens with one attached hydrogen (secondary N) is 3. The number of rotatable bonds is 4. The molecule has 2 aromatic carbocycles. The van der Waals surface area contributed by atoms with Crippen LogP contribution in [0.25, 0.3) is 0 Å². The van der Waals surface area contributed by atoms with Crippen molar-refractivity contribution in [3.8, 4) is 5.75 Å². The van der Waals surface area contributed by atoms with Gasteiger partial charge in [0.05, 0.1) is 18.7 Å². The Labute approximate surface area is 162 Å². The highest BCUT2D eigenvalue weighted by Gasteiger charge is 2.29. The lowest BCUT2D eigenvalue weighted by Crippen LogP contribution is -2.45. The number of allylic oxidation sites excluding steroid dienone is 1. The Bertz CT molecular complexity index is 881. The third-order valence-corrected chi connectivity index (χ3v) is 4.52. The lowest BCUT2D eigenvalue weighted by molar-refractivity contribution is -0.113. The SMILES string of the molecule is COc1cccc(NC(=O)C2=C(C)NC(=S)N[C@@H]2c2ccc(Cl)cc2)c1. The first-order valence-corrected chi connectivity index (χ1v) is 8.75. The highest BCUT2D eigenvalue weighted by molar-refractivity contribution is 7.80. The van der Waals surface area contributed by atoms with Gasteiger partial charge in [0.15, 0.2) is 5.11 Å². The molecule has 1 atom stereocenters. The molecule has 0 radical (unpaired) electrons. The van der Waals surface area contributed by atoms with Crippen LogP contribution in [0.3, 0.4) is 0 Å². The molecule has 1 heterocycles. The lowest BCUT2D eigenvalue weighted by Gasteiger charge is -2.30. The van der Waals surface area contributed by atoms with Gasteiger partial charge in [0.2, 0.25) is 0 Å². The summed E-state index contributed by atoms with van der Waals surface area (Å²) in [6.07, 6.45) is 0. The molecule has 3 N–H and O–H groups in total. The Morgan fingerprint density at radius 3 is 2.65 bits per heavy atom. The summed E-state index contributed by atoms with van der Waals surface area (Å²) in [5, 5.41) is 10.2. The summed E-state index contributed by atoms with van der Waals surface area (Å²) in [5.41, 5.74) is 2.81. The van der Waals surface area contributed by atoms with Crippen molar-refractivity contribution in [1.82, 2.24) is 10.6 Å². The summed E-state index contributed by atoms with van der Waals surface area (Å²) in [4.78, 5) is 13.0. The van der Waals surface area contributed by atoms with E-state index in [4.69, 9.17) is 28.6 Å². The highest BCUT2D eigenvalue weighted by Crippen LogP contribution is 2.29. The molecule has 0 aromatic heterocycles. The van der Waals surface area contributed by atoms with E-state index in [-0.39, 0.29) is 11.9 Å². The number of methoxy groups -OCH3 is 1.